The number of aromatic nitrogens is 2. The number of carbonyl (C=O) groups excluding carboxylic acids is 1. The SMILES string of the molecule is Cc1cc(-c2cc(-c3ccc(C(=O)N(C)C4CCN(C)C4)cc3)[nH]c(=O)n2)ccc1O. The van der Waals surface area contributed by atoms with Crippen molar-refractivity contribution in [3.05, 3.63) is 70.1 Å². The number of benzene rings is 2. The second-order valence-corrected chi connectivity index (χ2v) is 8.18. The van der Waals surface area contributed by atoms with E-state index in [9.17, 15) is 14.7 Å². The van der Waals surface area contributed by atoms with Gasteiger partial charge in [0, 0.05) is 30.8 Å². The first-order chi connectivity index (χ1) is 14.8. The predicted molar refractivity (Wildman–Crippen MR) is 120 cm³/mol. The number of nitrogens with one attached hydrogen (secondary N) is 1. The van der Waals surface area contributed by atoms with Crippen LogP contribution in [-0.2, 0) is 0 Å². The highest BCUT2D eigenvalue weighted by Crippen LogP contribution is 2.26. The molecule has 7 nitrogen and oxygen atoms in total. The number of nitrogens with zero attached hydrogens (tertiary/aromatic N) is 3. The van der Waals surface area contributed by atoms with Gasteiger partial charge in [-0.15, -0.1) is 0 Å². The molecule has 1 amide bonds. The summed E-state index contributed by atoms with van der Waals surface area (Å²) in [4.78, 5) is 35.9. The Kier molecular flexibility index (Phi) is 5.61. The summed E-state index contributed by atoms with van der Waals surface area (Å²) in [6.45, 7) is 3.68. The number of aryl methyl sites for hydroxylation is 1. The molecule has 1 atom stereocenters. The zero-order valence-electron chi connectivity index (χ0n) is 17.9. The Balaban J connectivity index is 1.59. The lowest BCUT2D eigenvalue weighted by Crippen LogP contribution is -2.38. The molecule has 0 bridgehead atoms. The topological polar surface area (TPSA) is 89.5 Å². The molecule has 7 heteroatoms. The molecule has 1 aromatic heterocycles. The van der Waals surface area contributed by atoms with Crippen LogP contribution in [0.1, 0.15) is 22.3 Å². The Morgan fingerprint density at radius 3 is 2.52 bits per heavy atom. The van der Waals surface area contributed by atoms with E-state index >= 15 is 0 Å². The van der Waals surface area contributed by atoms with Crippen LogP contribution in [0.2, 0.25) is 0 Å². The Morgan fingerprint density at radius 1 is 1.16 bits per heavy atom. The van der Waals surface area contributed by atoms with Gasteiger partial charge in [-0.25, -0.2) is 4.79 Å². The molecule has 4 rings (SSSR count). The molecule has 2 aromatic carbocycles. The van der Waals surface area contributed by atoms with Gasteiger partial charge in [0.1, 0.15) is 5.75 Å². The van der Waals surface area contributed by atoms with Gasteiger partial charge < -0.3 is 19.9 Å². The Labute approximate surface area is 181 Å². The van der Waals surface area contributed by atoms with E-state index in [2.05, 4.69) is 21.9 Å². The van der Waals surface area contributed by atoms with E-state index in [0.29, 0.717) is 22.5 Å². The van der Waals surface area contributed by atoms with Crippen molar-refractivity contribution in [1.82, 2.24) is 19.8 Å². The van der Waals surface area contributed by atoms with Crippen LogP contribution in [0.25, 0.3) is 22.5 Å². The molecular formula is C24H26N4O3. The van der Waals surface area contributed by atoms with Crippen molar-refractivity contribution in [2.24, 2.45) is 0 Å². The number of likely N-dealkylation sites (N-methyl/N-ethyl adjacent to an activating group) is 2. The summed E-state index contributed by atoms with van der Waals surface area (Å²) >= 11 is 0. The third kappa shape index (κ3) is 4.36. The van der Waals surface area contributed by atoms with E-state index in [-0.39, 0.29) is 17.7 Å². The Hall–Kier alpha value is -3.45. The van der Waals surface area contributed by atoms with Crippen LogP contribution in [0.5, 0.6) is 5.75 Å². The van der Waals surface area contributed by atoms with E-state index in [1.54, 1.807) is 43.3 Å². The van der Waals surface area contributed by atoms with Crippen molar-refractivity contribution in [3.8, 4) is 28.3 Å². The average Bonchev–Trinajstić information content (AvgIpc) is 3.20. The number of phenolic OH excluding ortho intramolecular Hbond substituents is 1. The lowest BCUT2D eigenvalue weighted by molar-refractivity contribution is 0.0737. The van der Waals surface area contributed by atoms with E-state index in [1.807, 2.05) is 24.1 Å². The number of H-pyrrole nitrogens is 1. The number of aromatic amines is 1. The van der Waals surface area contributed by atoms with Crippen molar-refractivity contribution >= 4 is 5.91 Å². The minimum absolute atomic E-state index is 0.00432. The van der Waals surface area contributed by atoms with Gasteiger partial charge in [0.05, 0.1) is 11.4 Å². The summed E-state index contributed by atoms with van der Waals surface area (Å²) in [5, 5.41) is 9.75. The quantitative estimate of drug-likeness (QED) is 0.680. The van der Waals surface area contributed by atoms with Gasteiger partial charge in [-0.1, -0.05) is 12.1 Å². The van der Waals surface area contributed by atoms with Crippen LogP contribution in [0.3, 0.4) is 0 Å². The molecule has 1 unspecified atom stereocenters. The number of rotatable bonds is 4. The molecule has 1 fully saturated rings. The number of likely N-dealkylation sites (tertiary alicyclic amines) is 1. The number of hydrogen-bond acceptors (Lipinski definition) is 5. The van der Waals surface area contributed by atoms with Crippen molar-refractivity contribution in [2.45, 2.75) is 19.4 Å². The van der Waals surface area contributed by atoms with E-state index in [1.165, 1.54) is 0 Å². The van der Waals surface area contributed by atoms with Crippen molar-refractivity contribution < 1.29 is 9.90 Å². The summed E-state index contributed by atoms with van der Waals surface area (Å²) in [5.41, 5.74) is 3.54. The van der Waals surface area contributed by atoms with Gasteiger partial charge in [0.15, 0.2) is 0 Å². The van der Waals surface area contributed by atoms with Crippen molar-refractivity contribution in [1.29, 1.82) is 0 Å². The monoisotopic (exact) mass is 418 g/mol. The molecule has 160 valence electrons. The lowest BCUT2D eigenvalue weighted by atomic mass is 10.0. The number of aromatic hydroxyl groups is 1. The van der Waals surface area contributed by atoms with Crippen LogP contribution in [0.4, 0.5) is 0 Å². The van der Waals surface area contributed by atoms with Crippen LogP contribution in [-0.4, -0.2) is 64.0 Å². The van der Waals surface area contributed by atoms with Gasteiger partial charge in [0.25, 0.3) is 5.91 Å². The van der Waals surface area contributed by atoms with Crippen molar-refractivity contribution in [3.63, 3.8) is 0 Å². The molecule has 0 radical (unpaired) electrons. The van der Waals surface area contributed by atoms with Crippen LogP contribution in [0.15, 0.2) is 53.3 Å². The van der Waals surface area contributed by atoms with Crippen LogP contribution >= 0.6 is 0 Å². The first-order valence-electron chi connectivity index (χ1n) is 10.3. The fraction of sp³-hybridized carbons (Fsp3) is 0.292. The maximum atomic E-state index is 12.9. The molecule has 0 aliphatic carbocycles. The van der Waals surface area contributed by atoms with Gasteiger partial charge in [-0.05, 0) is 74.5 Å². The molecular weight excluding hydrogens is 392 g/mol. The van der Waals surface area contributed by atoms with Crippen LogP contribution < -0.4 is 5.69 Å². The summed E-state index contributed by atoms with van der Waals surface area (Å²) in [7, 11) is 3.92. The van der Waals surface area contributed by atoms with Gasteiger partial charge in [0.2, 0.25) is 0 Å². The minimum atomic E-state index is -0.455. The number of carbonyl (C=O) groups is 1. The maximum Gasteiger partial charge on any atom is 0.345 e. The third-order valence-electron chi connectivity index (χ3n) is 5.91. The van der Waals surface area contributed by atoms with E-state index in [0.717, 1.165) is 30.6 Å². The van der Waals surface area contributed by atoms with E-state index < -0.39 is 5.69 Å². The number of phenols is 1. The average molecular weight is 418 g/mol. The molecule has 3 aromatic rings. The van der Waals surface area contributed by atoms with Crippen molar-refractivity contribution in [2.75, 3.05) is 27.2 Å². The zero-order chi connectivity index (χ0) is 22.1. The molecule has 1 aliphatic rings. The highest BCUT2D eigenvalue weighted by atomic mass is 16.3. The minimum Gasteiger partial charge on any atom is -0.508 e. The maximum absolute atomic E-state index is 12.9. The lowest BCUT2D eigenvalue weighted by Gasteiger charge is -2.24. The third-order valence-corrected chi connectivity index (χ3v) is 5.91. The summed E-state index contributed by atoms with van der Waals surface area (Å²) in [6.07, 6.45) is 0.981. The summed E-state index contributed by atoms with van der Waals surface area (Å²) in [6, 6.07) is 14.4. The fourth-order valence-electron chi connectivity index (χ4n) is 3.97. The molecule has 1 aliphatic heterocycles. The van der Waals surface area contributed by atoms with E-state index in [4.69, 9.17) is 0 Å². The van der Waals surface area contributed by atoms with Gasteiger partial charge in [-0.2, -0.15) is 4.98 Å². The largest absolute Gasteiger partial charge is 0.508 e. The molecule has 2 N–H and O–H groups in total. The Morgan fingerprint density at radius 2 is 1.87 bits per heavy atom. The fourth-order valence-corrected chi connectivity index (χ4v) is 3.97. The smallest absolute Gasteiger partial charge is 0.345 e. The first-order valence-corrected chi connectivity index (χ1v) is 10.3. The normalized spacial score (nSPS) is 16.4. The number of amides is 1. The summed E-state index contributed by atoms with van der Waals surface area (Å²) in [5.74, 6) is 0.193. The highest BCUT2D eigenvalue weighted by Gasteiger charge is 2.26. The first kappa shape index (κ1) is 20.8. The standard InChI is InChI=1S/C24H26N4O3/c1-15-12-18(8-9-22(15)29)21-13-20(25-24(31)26-21)16-4-6-17(7-5-16)23(30)28(3)19-10-11-27(2)14-19/h4-9,12-13,19,29H,10-11,14H2,1-3H3,(H,25,26,31). The summed E-state index contributed by atoms with van der Waals surface area (Å²) < 4.78 is 0. The zero-order valence-corrected chi connectivity index (χ0v) is 17.9. The Bertz CT molecular complexity index is 1170. The molecule has 1 saturated heterocycles. The second kappa shape index (κ2) is 8.35. The molecule has 0 saturated carbocycles. The number of hydrogen-bond donors (Lipinski definition) is 2. The molecule has 2 heterocycles. The second-order valence-electron chi connectivity index (χ2n) is 8.18. The highest BCUT2D eigenvalue weighted by molar-refractivity contribution is 5.94. The van der Waals surface area contributed by atoms with Gasteiger partial charge in [-0.3, -0.25) is 4.79 Å². The van der Waals surface area contributed by atoms with Crippen LogP contribution in [0, 0.1) is 6.92 Å². The molecule has 31 heavy (non-hydrogen) atoms. The van der Waals surface area contributed by atoms with Gasteiger partial charge >= 0.3 is 5.69 Å². The predicted octanol–water partition coefficient (Wildman–Crippen LogP) is 2.89. The molecule has 0 spiro atoms.